The predicted molar refractivity (Wildman–Crippen MR) is 76.4 cm³/mol. The summed E-state index contributed by atoms with van der Waals surface area (Å²) in [7, 11) is 0. The van der Waals surface area contributed by atoms with Crippen molar-refractivity contribution >= 4 is 15.9 Å². The largest absolute Gasteiger partial charge is 0.416 e. The van der Waals surface area contributed by atoms with Crippen LogP contribution in [0.25, 0.3) is 0 Å². The molecule has 1 N–H and O–H groups in total. The Bertz CT molecular complexity index is 545. The monoisotopic (exact) mass is 421 g/mol. The van der Waals surface area contributed by atoms with Gasteiger partial charge >= 0.3 is 12.4 Å². The standard InChI is InChI=1S/C14H14BrF6NO2/c1-7(24-12-11(15)22-2-3-23-12)8-4-9(13(16,17)18)6-10(5-8)14(19,20)21/h4-7,11-12,22H,2-3H2,1H3/t7-,11?,12-/m1/s1. The first kappa shape index (κ1) is 19.5. The van der Waals surface area contributed by atoms with Crippen molar-refractivity contribution in [2.45, 2.75) is 36.6 Å². The molecule has 1 aliphatic rings. The second kappa shape index (κ2) is 7.19. The highest BCUT2D eigenvalue weighted by Crippen LogP contribution is 2.38. The van der Waals surface area contributed by atoms with Crippen LogP contribution in [0.3, 0.4) is 0 Å². The number of benzene rings is 1. The lowest BCUT2D eigenvalue weighted by Gasteiger charge is -2.31. The number of halogens is 7. The smallest absolute Gasteiger partial charge is 0.349 e. The van der Waals surface area contributed by atoms with Gasteiger partial charge in [0, 0.05) is 6.54 Å². The molecule has 0 bridgehead atoms. The first-order valence-electron chi connectivity index (χ1n) is 6.92. The van der Waals surface area contributed by atoms with Gasteiger partial charge in [0.2, 0.25) is 0 Å². The van der Waals surface area contributed by atoms with Crippen LogP contribution in [0.15, 0.2) is 18.2 Å². The Kier molecular flexibility index (Phi) is 5.83. The van der Waals surface area contributed by atoms with Gasteiger partial charge in [0.05, 0.1) is 23.8 Å². The van der Waals surface area contributed by atoms with E-state index in [2.05, 4.69) is 21.2 Å². The average Bonchev–Trinajstić information content (AvgIpc) is 2.47. The lowest BCUT2D eigenvalue weighted by molar-refractivity contribution is -0.183. The molecule has 1 aromatic carbocycles. The molecule has 3 nitrogen and oxygen atoms in total. The highest BCUT2D eigenvalue weighted by molar-refractivity contribution is 9.09. The molecule has 0 spiro atoms. The molecule has 0 radical (unpaired) electrons. The molecule has 10 heteroatoms. The van der Waals surface area contributed by atoms with Crippen molar-refractivity contribution in [3.8, 4) is 0 Å². The van der Waals surface area contributed by atoms with E-state index >= 15 is 0 Å². The maximum atomic E-state index is 12.9. The van der Waals surface area contributed by atoms with Crippen LogP contribution < -0.4 is 5.32 Å². The molecule has 1 saturated heterocycles. The van der Waals surface area contributed by atoms with E-state index in [-0.39, 0.29) is 11.6 Å². The molecular weight excluding hydrogens is 408 g/mol. The summed E-state index contributed by atoms with van der Waals surface area (Å²) in [5, 5.41) is 2.97. The molecule has 0 amide bonds. The Morgan fingerprint density at radius 3 is 2.12 bits per heavy atom. The highest BCUT2D eigenvalue weighted by atomic mass is 79.9. The molecule has 1 aliphatic heterocycles. The Hall–Kier alpha value is -0.840. The summed E-state index contributed by atoms with van der Waals surface area (Å²) >= 11 is 3.23. The fourth-order valence-corrected chi connectivity index (χ4v) is 2.66. The lowest BCUT2D eigenvalue weighted by atomic mass is 10.0. The molecule has 0 aromatic heterocycles. The van der Waals surface area contributed by atoms with Gasteiger partial charge in [-0.2, -0.15) is 26.3 Å². The maximum absolute atomic E-state index is 12.9. The van der Waals surface area contributed by atoms with Crippen molar-refractivity contribution in [3.05, 3.63) is 34.9 Å². The van der Waals surface area contributed by atoms with E-state index in [1.165, 1.54) is 6.92 Å². The Morgan fingerprint density at radius 2 is 1.67 bits per heavy atom. The molecule has 2 rings (SSSR count). The van der Waals surface area contributed by atoms with E-state index in [4.69, 9.17) is 9.47 Å². The Balaban J connectivity index is 2.30. The zero-order chi connectivity index (χ0) is 18.1. The van der Waals surface area contributed by atoms with Crippen LogP contribution in [0.2, 0.25) is 0 Å². The predicted octanol–water partition coefficient (Wildman–Crippen LogP) is 4.47. The van der Waals surface area contributed by atoms with Crippen LogP contribution in [0.1, 0.15) is 29.7 Å². The average molecular weight is 422 g/mol. The Morgan fingerprint density at radius 1 is 1.12 bits per heavy atom. The topological polar surface area (TPSA) is 30.5 Å². The maximum Gasteiger partial charge on any atom is 0.416 e. The summed E-state index contributed by atoms with van der Waals surface area (Å²) in [6.07, 6.45) is -11.6. The van der Waals surface area contributed by atoms with Crippen molar-refractivity contribution in [1.82, 2.24) is 5.32 Å². The van der Waals surface area contributed by atoms with E-state index in [0.29, 0.717) is 25.3 Å². The summed E-state index contributed by atoms with van der Waals surface area (Å²) in [6.45, 7) is 2.23. The summed E-state index contributed by atoms with van der Waals surface area (Å²) in [5.74, 6) is 0. The van der Waals surface area contributed by atoms with Crippen molar-refractivity contribution in [3.63, 3.8) is 0 Å². The summed E-state index contributed by atoms with van der Waals surface area (Å²) in [5.41, 5.74) is -2.98. The number of nitrogens with one attached hydrogen (secondary N) is 1. The SMILES string of the molecule is C[C@@H](O[C@H]1OCCNC1Br)c1cc(C(F)(F)F)cc(C(F)(F)F)c1. The third-order valence-corrected chi connectivity index (χ3v) is 4.14. The van der Waals surface area contributed by atoms with E-state index in [1.807, 2.05) is 0 Å². The molecule has 1 fully saturated rings. The molecule has 1 unspecified atom stereocenters. The molecule has 1 heterocycles. The van der Waals surface area contributed by atoms with Gasteiger partial charge in [-0.1, -0.05) is 15.9 Å². The second-order valence-corrected chi connectivity index (χ2v) is 6.20. The van der Waals surface area contributed by atoms with Crippen molar-refractivity contribution in [1.29, 1.82) is 0 Å². The fourth-order valence-electron chi connectivity index (χ4n) is 2.15. The normalized spacial score (nSPS) is 24.0. The van der Waals surface area contributed by atoms with Gasteiger partial charge in [-0.05, 0) is 30.7 Å². The van der Waals surface area contributed by atoms with E-state index in [9.17, 15) is 26.3 Å². The first-order chi connectivity index (χ1) is 11.0. The van der Waals surface area contributed by atoms with Gasteiger partial charge in [0.1, 0.15) is 4.95 Å². The van der Waals surface area contributed by atoms with Crippen LogP contribution in [0.4, 0.5) is 26.3 Å². The van der Waals surface area contributed by atoms with Gasteiger partial charge in [-0.3, -0.25) is 5.32 Å². The third kappa shape index (κ3) is 4.84. The summed E-state index contributed by atoms with van der Waals surface area (Å²) in [4.78, 5) is -0.415. The minimum atomic E-state index is -4.89. The fraction of sp³-hybridized carbons (Fsp3) is 0.571. The molecule has 24 heavy (non-hydrogen) atoms. The van der Waals surface area contributed by atoms with Crippen molar-refractivity contribution in [2.75, 3.05) is 13.2 Å². The highest BCUT2D eigenvalue weighted by Gasteiger charge is 2.37. The molecule has 1 aromatic rings. The quantitative estimate of drug-likeness (QED) is 0.443. The van der Waals surface area contributed by atoms with Crippen LogP contribution in [-0.4, -0.2) is 24.4 Å². The summed E-state index contributed by atoms with van der Waals surface area (Å²) < 4.78 is 88.0. The van der Waals surface area contributed by atoms with Crippen molar-refractivity contribution < 1.29 is 35.8 Å². The number of morpholine rings is 1. The minimum absolute atomic E-state index is 0.0855. The van der Waals surface area contributed by atoms with E-state index < -0.39 is 40.8 Å². The molecule has 136 valence electrons. The van der Waals surface area contributed by atoms with Gasteiger partial charge in [0.15, 0.2) is 6.29 Å². The lowest BCUT2D eigenvalue weighted by Crippen LogP contribution is -2.46. The van der Waals surface area contributed by atoms with Gasteiger partial charge < -0.3 is 9.47 Å². The molecule has 3 atom stereocenters. The first-order valence-corrected chi connectivity index (χ1v) is 7.84. The molecule has 0 saturated carbocycles. The van der Waals surface area contributed by atoms with Crippen LogP contribution >= 0.6 is 15.9 Å². The number of ether oxygens (including phenoxy) is 2. The zero-order valence-corrected chi connectivity index (χ0v) is 13.9. The van der Waals surface area contributed by atoms with Gasteiger partial charge in [0.25, 0.3) is 0 Å². The number of alkyl halides is 7. The van der Waals surface area contributed by atoms with E-state index in [1.54, 1.807) is 0 Å². The summed E-state index contributed by atoms with van der Waals surface area (Å²) in [6, 6.07) is 1.39. The third-order valence-electron chi connectivity index (χ3n) is 3.38. The van der Waals surface area contributed by atoms with E-state index in [0.717, 1.165) is 0 Å². The molecular formula is C14H14BrF6NO2. The number of hydrogen-bond acceptors (Lipinski definition) is 3. The van der Waals surface area contributed by atoms with Crippen LogP contribution in [-0.2, 0) is 21.8 Å². The minimum Gasteiger partial charge on any atom is -0.349 e. The number of hydrogen-bond donors (Lipinski definition) is 1. The van der Waals surface area contributed by atoms with Gasteiger partial charge in [-0.25, -0.2) is 0 Å². The Labute approximate surface area is 142 Å². The van der Waals surface area contributed by atoms with Crippen LogP contribution in [0.5, 0.6) is 0 Å². The second-order valence-electron chi connectivity index (χ2n) is 5.21. The van der Waals surface area contributed by atoms with Crippen molar-refractivity contribution in [2.24, 2.45) is 0 Å². The zero-order valence-electron chi connectivity index (χ0n) is 12.3. The van der Waals surface area contributed by atoms with Crippen LogP contribution in [0, 0.1) is 0 Å². The van der Waals surface area contributed by atoms with Gasteiger partial charge in [-0.15, -0.1) is 0 Å². The molecule has 0 aliphatic carbocycles. The number of rotatable bonds is 3.